The Balaban J connectivity index is 0.00000288. The number of halogens is 1. The van der Waals surface area contributed by atoms with E-state index in [1.807, 2.05) is 17.3 Å². The third kappa shape index (κ3) is 6.14. The molecule has 0 aliphatic rings. The summed E-state index contributed by atoms with van der Waals surface area (Å²) >= 11 is 0. The summed E-state index contributed by atoms with van der Waals surface area (Å²) in [5.41, 5.74) is 7.39. The molecule has 2 N–H and O–H groups in total. The van der Waals surface area contributed by atoms with Crippen LogP contribution >= 0.6 is 24.0 Å². The number of guanidine groups is 1. The number of aryl methyl sites for hydroxylation is 2. The van der Waals surface area contributed by atoms with Gasteiger partial charge in [0, 0.05) is 32.0 Å². The van der Waals surface area contributed by atoms with Crippen LogP contribution in [-0.4, -0.2) is 33.5 Å². The van der Waals surface area contributed by atoms with E-state index in [-0.39, 0.29) is 24.0 Å². The van der Waals surface area contributed by atoms with E-state index in [1.165, 1.54) is 5.56 Å². The van der Waals surface area contributed by atoms with Crippen molar-refractivity contribution in [3.05, 3.63) is 54.1 Å². The second kappa shape index (κ2) is 11.1. The van der Waals surface area contributed by atoms with Gasteiger partial charge in [-0.05, 0) is 32.3 Å². The fourth-order valence-electron chi connectivity index (χ4n) is 2.59. The normalized spacial score (nSPS) is 11.2. The number of aromatic nitrogens is 2. The van der Waals surface area contributed by atoms with Crippen molar-refractivity contribution < 1.29 is 0 Å². The summed E-state index contributed by atoms with van der Waals surface area (Å²) in [7, 11) is 0. The fraction of sp³-hybridized carbons (Fsp3) is 0.444. The van der Waals surface area contributed by atoms with Gasteiger partial charge in [0.15, 0.2) is 5.96 Å². The first-order valence-electron chi connectivity index (χ1n) is 8.33. The zero-order valence-electron chi connectivity index (χ0n) is 14.6. The van der Waals surface area contributed by atoms with Gasteiger partial charge in [0.1, 0.15) is 12.4 Å². The zero-order chi connectivity index (χ0) is 16.5. The van der Waals surface area contributed by atoms with E-state index >= 15 is 0 Å². The molecule has 2 rings (SSSR count). The molecule has 0 saturated carbocycles. The zero-order valence-corrected chi connectivity index (χ0v) is 16.9. The number of nitrogens with zero attached hydrogens (tertiary/aromatic N) is 4. The number of imidazole rings is 1. The lowest BCUT2D eigenvalue weighted by Gasteiger charge is -2.19. The fourth-order valence-corrected chi connectivity index (χ4v) is 2.59. The predicted octanol–water partition coefficient (Wildman–Crippen LogP) is 3.29. The lowest BCUT2D eigenvalue weighted by atomic mass is 10.1. The summed E-state index contributed by atoms with van der Waals surface area (Å²) < 4.78 is 2.17. The summed E-state index contributed by atoms with van der Waals surface area (Å²) in [6.45, 7) is 7.38. The van der Waals surface area contributed by atoms with Crippen LogP contribution in [0.25, 0.3) is 0 Å². The van der Waals surface area contributed by atoms with Gasteiger partial charge in [0.25, 0.3) is 0 Å². The van der Waals surface area contributed by atoms with Crippen LogP contribution in [0, 0.1) is 0 Å². The standard InChI is InChI=1S/C18H27N5.HI/c1-3-22(4-2)18(19)21-15-17-20-12-14-23(17)13-8-11-16-9-6-5-7-10-16;/h5-7,9-10,12,14H,3-4,8,11,13,15H2,1-2H3,(H2,19,21);1H. The number of hydrogen-bond acceptors (Lipinski definition) is 2. The number of nitrogens with two attached hydrogens (primary N) is 1. The van der Waals surface area contributed by atoms with Crippen LogP contribution in [0.2, 0.25) is 0 Å². The van der Waals surface area contributed by atoms with Crippen LogP contribution in [0.3, 0.4) is 0 Å². The Morgan fingerprint density at radius 1 is 1.21 bits per heavy atom. The monoisotopic (exact) mass is 441 g/mol. The Morgan fingerprint density at radius 2 is 1.92 bits per heavy atom. The average Bonchev–Trinajstić information content (AvgIpc) is 3.02. The molecule has 0 aliphatic carbocycles. The molecule has 0 atom stereocenters. The van der Waals surface area contributed by atoms with Gasteiger partial charge in [0.2, 0.25) is 0 Å². The summed E-state index contributed by atoms with van der Waals surface area (Å²) in [4.78, 5) is 10.9. The Kier molecular flexibility index (Phi) is 9.44. The van der Waals surface area contributed by atoms with Crippen molar-refractivity contribution in [1.29, 1.82) is 0 Å². The van der Waals surface area contributed by atoms with Crippen molar-refractivity contribution in [3.8, 4) is 0 Å². The number of rotatable bonds is 8. The summed E-state index contributed by atoms with van der Waals surface area (Å²) in [5.74, 6) is 1.56. The van der Waals surface area contributed by atoms with E-state index in [0.29, 0.717) is 12.5 Å². The van der Waals surface area contributed by atoms with Gasteiger partial charge >= 0.3 is 0 Å². The molecule has 0 spiro atoms. The predicted molar refractivity (Wildman–Crippen MR) is 111 cm³/mol. The minimum absolute atomic E-state index is 0. The van der Waals surface area contributed by atoms with Gasteiger partial charge in [-0.2, -0.15) is 0 Å². The quantitative estimate of drug-likeness (QED) is 0.389. The maximum absolute atomic E-state index is 6.02. The molecular formula is C18H28IN5. The summed E-state index contributed by atoms with van der Waals surface area (Å²) in [6, 6.07) is 10.6. The molecule has 5 nitrogen and oxygen atoms in total. The van der Waals surface area contributed by atoms with Crippen LogP contribution in [0.15, 0.2) is 47.7 Å². The van der Waals surface area contributed by atoms with Gasteiger partial charge < -0.3 is 15.2 Å². The van der Waals surface area contributed by atoms with E-state index in [0.717, 1.165) is 38.3 Å². The van der Waals surface area contributed by atoms with Crippen LogP contribution in [0.4, 0.5) is 0 Å². The lowest BCUT2D eigenvalue weighted by molar-refractivity contribution is 0.457. The Bertz CT molecular complexity index is 605. The van der Waals surface area contributed by atoms with Crippen LogP contribution < -0.4 is 5.73 Å². The second-order valence-corrected chi connectivity index (χ2v) is 5.47. The van der Waals surface area contributed by atoms with Crippen molar-refractivity contribution in [2.75, 3.05) is 13.1 Å². The molecule has 0 amide bonds. The minimum Gasteiger partial charge on any atom is -0.370 e. The average molecular weight is 441 g/mol. The van der Waals surface area contributed by atoms with Crippen LogP contribution in [0.5, 0.6) is 0 Å². The van der Waals surface area contributed by atoms with E-state index in [4.69, 9.17) is 5.73 Å². The van der Waals surface area contributed by atoms with Crippen LogP contribution in [0.1, 0.15) is 31.7 Å². The third-order valence-corrected chi connectivity index (χ3v) is 3.98. The van der Waals surface area contributed by atoms with Crippen molar-refractivity contribution >= 4 is 29.9 Å². The molecule has 6 heteroatoms. The molecule has 1 aromatic carbocycles. The van der Waals surface area contributed by atoms with Gasteiger partial charge in [0.05, 0.1) is 0 Å². The van der Waals surface area contributed by atoms with Crippen molar-refractivity contribution in [2.45, 2.75) is 39.8 Å². The molecule has 0 fully saturated rings. The molecule has 132 valence electrons. The van der Waals surface area contributed by atoms with Gasteiger partial charge in [-0.25, -0.2) is 9.98 Å². The molecular weight excluding hydrogens is 413 g/mol. The molecule has 24 heavy (non-hydrogen) atoms. The molecule has 2 aromatic rings. The van der Waals surface area contributed by atoms with E-state index in [9.17, 15) is 0 Å². The van der Waals surface area contributed by atoms with E-state index in [2.05, 4.69) is 58.7 Å². The molecule has 1 heterocycles. The largest absolute Gasteiger partial charge is 0.370 e. The van der Waals surface area contributed by atoms with Gasteiger partial charge in [-0.15, -0.1) is 24.0 Å². The number of hydrogen-bond donors (Lipinski definition) is 1. The van der Waals surface area contributed by atoms with Crippen molar-refractivity contribution in [3.63, 3.8) is 0 Å². The maximum Gasteiger partial charge on any atom is 0.191 e. The van der Waals surface area contributed by atoms with Crippen molar-refractivity contribution in [2.24, 2.45) is 10.7 Å². The lowest BCUT2D eigenvalue weighted by Crippen LogP contribution is -2.37. The minimum atomic E-state index is 0. The third-order valence-electron chi connectivity index (χ3n) is 3.98. The van der Waals surface area contributed by atoms with Crippen molar-refractivity contribution in [1.82, 2.24) is 14.5 Å². The molecule has 0 radical (unpaired) electrons. The topological polar surface area (TPSA) is 59.4 Å². The Labute approximate surface area is 162 Å². The van der Waals surface area contributed by atoms with E-state index in [1.54, 1.807) is 0 Å². The van der Waals surface area contributed by atoms with Gasteiger partial charge in [-0.3, -0.25) is 0 Å². The number of benzene rings is 1. The highest BCUT2D eigenvalue weighted by Gasteiger charge is 2.05. The maximum atomic E-state index is 6.02. The smallest absolute Gasteiger partial charge is 0.191 e. The number of aliphatic imine (C=N–C) groups is 1. The highest BCUT2D eigenvalue weighted by Crippen LogP contribution is 2.06. The first kappa shape index (κ1) is 20.5. The molecule has 0 saturated heterocycles. The summed E-state index contributed by atoms with van der Waals surface area (Å²) in [5, 5.41) is 0. The first-order chi connectivity index (χ1) is 11.2. The Morgan fingerprint density at radius 3 is 2.58 bits per heavy atom. The van der Waals surface area contributed by atoms with E-state index < -0.39 is 0 Å². The highest BCUT2D eigenvalue weighted by molar-refractivity contribution is 14.0. The second-order valence-electron chi connectivity index (χ2n) is 5.47. The molecule has 0 unspecified atom stereocenters. The Hall–Kier alpha value is -1.57. The van der Waals surface area contributed by atoms with Gasteiger partial charge in [-0.1, -0.05) is 30.3 Å². The SMILES string of the molecule is CCN(CC)C(N)=NCc1nccn1CCCc1ccccc1.I. The molecule has 1 aromatic heterocycles. The van der Waals surface area contributed by atoms with Crippen LogP contribution in [-0.2, 0) is 19.5 Å². The highest BCUT2D eigenvalue weighted by atomic mass is 127. The molecule has 0 aliphatic heterocycles. The summed E-state index contributed by atoms with van der Waals surface area (Å²) in [6.07, 6.45) is 6.01. The first-order valence-corrected chi connectivity index (χ1v) is 8.33. The molecule has 0 bridgehead atoms.